The molecule has 0 unspecified atom stereocenters. The molecule has 1 aromatic heterocycles. The van der Waals surface area contributed by atoms with Gasteiger partial charge >= 0.3 is 0 Å². The van der Waals surface area contributed by atoms with Crippen LogP contribution in [0, 0.1) is 0 Å². The highest BCUT2D eigenvalue weighted by molar-refractivity contribution is 9.10. The summed E-state index contributed by atoms with van der Waals surface area (Å²) in [6.07, 6.45) is 2.75. The fourth-order valence-corrected chi connectivity index (χ4v) is 4.27. The molecular formula is C23H24Br2N4O2. The van der Waals surface area contributed by atoms with E-state index in [0.717, 1.165) is 34.3 Å². The number of nitrogens with one attached hydrogen (secondary N) is 1. The number of rotatable bonds is 6. The zero-order valence-electron chi connectivity index (χ0n) is 17.0. The van der Waals surface area contributed by atoms with Gasteiger partial charge in [0.05, 0.1) is 18.5 Å². The fraction of sp³-hybridized carbons (Fsp3) is 0.304. The molecule has 0 radical (unpaired) electrons. The molecular weight excluding hydrogens is 524 g/mol. The molecule has 2 aromatic carbocycles. The van der Waals surface area contributed by atoms with Crippen LogP contribution < -0.4 is 10.9 Å². The van der Waals surface area contributed by atoms with Crippen molar-refractivity contribution in [2.45, 2.75) is 31.5 Å². The number of halogens is 2. The van der Waals surface area contributed by atoms with Gasteiger partial charge in [0.1, 0.15) is 5.82 Å². The van der Waals surface area contributed by atoms with Gasteiger partial charge in [0, 0.05) is 40.3 Å². The molecule has 1 aliphatic rings. The first kappa shape index (κ1) is 22.2. The number of hydrogen-bond donors (Lipinski definition) is 2. The maximum Gasteiger partial charge on any atom is 0.255 e. The van der Waals surface area contributed by atoms with Crippen molar-refractivity contribution in [1.29, 1.82) is 0 Å². The van der Waals surface area contributed by atoms with Gasteiger partial charge in [-0.25, -0.2) is 4.98 Å². The zero-order valence-corrected chi connectivity index (χ0v) is 20.1. The van der Waals surface area contributed by atoms with Crippen molar-refractivity contribution >= 4 is 43.4 Å². The second-order valence-corrected chi connectivity index (χ2v) is 9.83. The van der Waals surface area contributed by atoms with Crippen molar-refractivity contribution in [2.24, 2.45) is 0 Å². The molecule has 0 aliphatic carbocycles. The third kappa shape index (κ3) is 6.04. The number of benzene rings is 2. The summed E-state index contributed by atoms with van der Waals surface area (Å²) in [4.78, 5) is 19.3. The number of aliphatic hydroxyl groups is 1. The van der Waals surface area contributed by atoms with Gasteiger partial charge in [-0.3, -0.25) is 14.3 Å². The van der Waals surface area contributed by atoms with Crippen LogP contribution in [0.25, 0.3) is 0 Å². The standard InChI is InChI=1S/C23H24Br2N4O2/c24-18-3-1-17(2-4-18)14-28-11-9-23(31,10-12-28)15-29-16-26-21(13-22(29)30)27-20-7-5-19(25)6-8-20/h1-8,13,16,27,31H,9-12,14-15H2. The highest BCUT2D eigenvalue weighted by Crippen LogP contribution is 2.25. The Morgan fingerprint density at radius 2 is 1.61 bits per heavy atom. The molecule has 3 aromatic rings. The first-order valence-electron chi connectivity index (χ1n) is 10.2. The van der Waals surface area contributed by atoms with E-state index >= 15 is 0 Å². The van der Waals surface area contributed by atoms with Gasteiger partial charge in [-0.05, 0) is 54.8 Å². The number of piperidine rings is 1. The summed E-state index contributed by atoms with van der Waals surface area (Å²) in [5.41, 5.74) is 1.02. The van der Waals surface area contributed by atoms with E-state index < -0.39 is 5.60 Å². The molecule has 0 atom stereocenters. The molecule has 31 heavy (non-hydrogen) atoms. The summed E-state index contributed by atoms with van der Waals surface area (Å²) in [5.74, 6) is 0.486. The first-order valence-corrected chi connectivity index (χ1v) is 11.8. The third-order valence-corrected chi connectivity index (χ3v) is 6.62. The molecule has 1 saturated heterocycles. The quantitative estimate of drug-likeness (QED) is 0.474. The maximum atomic E-state index is 12.6. The Labute approximate surface area is 198 Å². The molecule has 2 N–H and O–H groups in total. The SMILES string of the molecule is O=c1cc(Nc2ccc(Br)cc2)ncn1CC1(O)CCN(Cc2ccc(Br)cc2)CC1. The number of anilines is 2. The lowest BCUT2D eigenvalue weighted by Gasteiger charge is -2.38. The highest BCUT2D eigenvalue weighted by Gasteiger charge is 2.33. The van der Waals surface area contributed by atoms with Gasteiger partial charge in [0.15, 0.2) is 0 Å². The lowest BCUT2D eigenvalue weighted by atomic mass is 9.91. The summed E-state index contributed by atoms with van der Waals surface area (Å²) in [6.45, 7) is 2.70. The Kier molecular flexibility index (Phi) is 6.91. The molecule has 0 spiro atoms. The summed E-state index contributed by atoms with van der Waals surface area (Å²) in [5, 5.41) is 14.2. The smallest absolute Gasteiger partial charge is 0.255 e. The monoisotopic (exact) mass is 546 g/mol. The molecule has 0 bridgehead atoms. The van der Waals surface area contributed by atoms with Crippen molar-refractivity contribution in [3.05, 3.63) is 85.8 Å². The van der Waals surface area contributed by atoms with Crippen molar-refractivity contribution in [2.75, 3.05) is 18.4 Å². The second-order valence-electron chi connectivity index (χ2n) is 8.00. The summed E-state index contributed by atoms with van der Waals surface area (Å²) >= 11 is 6.86. The van der Waals surface area contributed by atoms with Gasteiger partial charge in [-0.15, -0.1) is 0 Å². The third-order valence-electron chi connectivity index (χ3n) is 5.57. The minimum atomic E-state index is -0.900. The van der Waals surface area contributed by atoms with Crippen LogP contribution in [0.4, 0.5) is 11.5 Å². The van der Waals surface area contributed by atoms with E-state index in [1.165, 1.54) is 22.5 Å². The van der Waals surface area contributed by atoms with Crippen molar-refractivity contribution in [3.63, 3.8) is 0 Å². The van der Waals surface area contributed by atoms with Crippen LogP contribution in [0.3, 0.4) is 0 Å². The molecule has 0 saturated carbocycles. The maximum absolute atomic E-state index is 12.6. The molecule has 6 nitrogen and oxygen atoms in total. The Balaban J connectivity index is 1.34. The van der Waals surface area contributed by atoms with E-state index in [4.69, 9.17) is 0 Å². The Hall–Kier alpha value is -2.00. The van der Waals surface area contributed by atoms with Crippen LogP contribution >= 0.6 is 31.9 Å². The van der Waals surface area contributed by atoms with Gasteiger partial charge in [-0.2, -0.15) is 0 Å². The van der Waals surface area contributed by atoms with Crippen LogP contribution in [0.2, 0.25) is 0 Å². The zero-order chi connectivity index (χ0) is 21.8. The van der Waals surface area contributed by atoms with E-state index in [1.54, 1.807) is 0 Å². The predicted molar refractivity (Wildman–Crippen MR) is 130 cm³/mol. The average Bonchev–Trinajstić information content (AvgIpc) is 2.75. The van der Waals surface area contributed by atoms with E-state index in [0.29, 0.717) is 18.7 Å². The lowest BCUT2D eigenvalue weighted by molar-refractivity contribution is -0.0365. The number of likely N-dealkylation sites (tertiary alicyclic amines) is 1. The van der Waals surface area contributed by atoms with E-state index in [-0.39, 0.29) is 12.1 Å². The molecule has 0 amide bonds. The molecule has 4 rings (SSSR count). The van der Waals surface area contributed by atoms with Gasteiger partial charge < -0.3 is 10.4 Å². The molecule has 8 heteroatoms. The normalized spacial score (nSPS) is 16.2. The van der Waals surface area contributed by atoms with Crippen LogP contribution in [0.1, 0.15) is 18.4 Å². The largest absolute Gasteiger partial charge is 0.388 e. The minimum absolute atomic E-state index is 0.180. The van der Waals surface area contributed by atoms with E-state index in [1.807, 2.05) is 36.4 Å². The van der Waals surface area contributed by atoms with Gasteiger partial charge in [0.25, 0.3) is 5.56 Å². The number of hydrogen-bond acceptors (Lipinski definition) is 5. The lowest BCUT2D eigenvalue weighted by Crippen LogP contribution is -2.47. The Morgan fingerprint density at radius 1 is 1.00 bits per heavy atom. The molecule has 2 heterocycles. The van der Waals surface area contributed by atoms with Crippen LogP contribution in [0.15, 0.2) is 74.7 Å². The number of nitrogens with zero attached hydrogens (tertiary/aromatic N) is 3. The highest BCUT2D eigenvalue weighted by atomic mass is 79.9. The van der Waals surface area contributed by atoms with Crippen LogP contribution in [-0.2, 0) is 13.1 Å². The van der Waals surface area contributed by atoms with Crippen molar-refractivity contribution in [3.8, 4) is 0 Å². The Morgan fingerprint density at radius 3 is 2.23 bits per heavy atom. The van der Waals surface area contributed by atoms with E-state index in [9.17, 15) is 9.90 Å². The van der Waals surface area contributed by atoms with Crippen molar-refractivity contribution in [1.82, 2.24) is 14.5 Å². The fourth-order valence-electron chi connectivity index (χ4n) is 3.74. The Bertz CT molecular complexity index is 1080. The van der Waals surface area contributed by atoms with Crippen molar-refractivity contribution < 1.29 is 5.11 Å². The first-order chi connectivity index (χ1) is 14.9. The van der Waals surface area contributed by atoms with Gasteiger partial charge in [-0.1, -0.05) is 44.0 Å². The summed E-state index contributed by atoms with van der Waals surface area (Å²) in [7, 11) is 0. The summed E-state index contributed by atoms with van der Waals surface area (Å²) < 4.78 is 3.55. The topological polar surface area (TPSA) is 70.4 Å². The van der Waals surface area contributed by atoms with Gasteiger partial charge in [0.2, 0.25) is 0 Å². The molecule has 1 aliphatic heterocycles. The molecule has 162 valence electrons. The predicted octanol–water partition coefficient (Wildman–Crippen LogP) is 4.54. The number of aromatic nitrogens is 2. The van der Waals surface area contributed by atoms with E-state index in [2.05, 4.69) is 59.2 Å². The summed E-state index contributed by atoms with van der Waals surface area (Å²) in [6, 6.07) is 17.4. The van der Waals surface area contributed by atoms with Crippen LogP contribution in [0.5, 0.6) is 0 Å². The molecule has 1 fully saturated rings. The average molecular weight is 548 g/mol. The van der Waals surface area contributed by atoms with Crippen LogP contribution in [-0.4, -0.2) is 38.2 Å². The second kappa shape index (κ2) is 9.65. The minimum Gasteiger partial charge on any atom is -0.388 e.